The Morgan fingerprint density at radius 2 is 1.69 bits per heavy atom. The first-order valence-electron chi connectivity index (χ1n) is 10.4. The van der Waals surface area contributed by atoms with E-state index in [2.05, 4.69) is 27.2 Å². The average Bonchev–Trinajstić information content (AvgIpc) is 2.79. The van der Waals surface area contributed by atoms with Crippen LogP contribution in [-0.4, -0.2) is 64.4 Å². The molecule has 6 nitrogen and oxygen atoms in total. The molecule has 6 heteroatoms. The maximum Gasteiger partial charge on any atom is 0.321 e. The molecule has 156 valence electrons. The number of hydrogen-bond acceptors (Lipinski definition) is 4. The third-order valence-corrected chi connectivity index (χ3v) is 5.42. The highest BCUT2D eigenvalue weighted by atomic mass is 16.5. The van der Waals surface area contributed by atoms with E-state index in [-0.39, 0.29) is 6.03 Å². The molecule has 0 unspecified atom stereocenters. The number of methoxy groups -OCH3 is 1. The Labute approximate surface area is 174 Å². The molecule has 0 saturated carbocycles. The predicted molar refractivity (Wildman–Crippen MR) is 119 cm³/mol. The molecule has 0 atom stereocenters. The van der Waals surface area contributed by atoms with Gasteiger partial charge in [0.25, 0.3) is 0 Å². The zero-order valence-electron chi connectivity index (χ0n) is 17.5. The summed E-state index contributed by atoms with van der Waals surface area (Å²) in [4.78, 5) is 18.8. The molecule has 0 aromatic heterocycles. The molecule has 1 fully saturated rings. The minimum absolute atomic E-state index is 0.0541. The lowest BCUT2D eigenvalue weighted by Gasteiger charge is -2.36. The summed E-state index contributed by atoms with van der Waals surface area (Å²) in [7, 11) is 3.53. The van der Waals surface area contributed by atoms with E-state index in [9.17, 15) is 4.79 Å². The zero-order valence-corrected chi connectivity index (χ0v) is 17.5. The van der Waals surface area contributed by atoms with Gasteiger partial charge >= 0.3 is 6.03 Å². The number of rotatable bonds is 8. The molecule has 1 N–H and O–H groups in total. The van der Waals surface area contributed by atoms with Gasteiger partial charge in [0.1, 0.15) is 5.75 Å². The minimum Gasteiger partial charge on any atom is -0.495 e. The number of para-hydroxylation sites is 3. The highest BCUT2D eigenvalue weighted by molar-refractivity contribution is 5.91. The molecule has 1 aliphatic heterocycles. The number of nitrogens with one attached hydrogen (secondary N) is 1. The fourth-order valence-corrected chi connectivity index (χ4v) is 3.65. The third-order valence-electron chi connectivity index (χ3n) is 5.42. The van der Waals surface area contributed by atoms with Crippen molar-refractivity contribution in [1.82, 2.24) is 10.2 Å². The van der Waals surface area contributed by atoms with Gasteiger partial charge in [0.05, 0.1) is 12.8 Å². The molecule has 0 spiro atoms. The molecule has 1 heterocycles. The summed E-state index contributed by atoms with van der Waals surface area (Å²) >= 11 is 0. The summed E-state index contributed by atoms with van der Waals surface area (Å²) in [5.41, 5.74) is 2.08. The van der Waals surface area contributed by atoms with Gasteiger partial charge in [-0.25, -0.2) is 4.79 Å². The highest BCUT2D eigenvalue weighted by Crippen LogP contribution is 2.28. The normalized spacial score (nSPS) is 14.5. The van der Waals surface area contributed by atoms with Gasteiger partial charge in [0, 0.05) is 45.5 Å². The van der Waals surface area contributed by atoms with E-state index in [0.29, 0.717) is 6.54 Å². The summed E-state index contributed by atoms with van der Waals surface area (Å²) < 4.78 is 5.49. The lowest BCUT2D eigenvalue weighted by molar-refractivity contribution is 0.243. The van der Waals surface area contributed by atoms with Gasteiger partial charge in [-0.3, -0.25) is 9.80 Å². The van der Waals surface area contributed by atoms with E-state index in [1.165, 1.54) is 5.69 Å². The van der Waals surface area contributed by atoms with Crippen molar-refractivity contribution >= 4 is 17.4 Å². The lowest BCUT2D eigenvalue weighted by atomic mass is 10.2. The van der Waals surface area contributed by atoms with Crippen molar-refractivity contribution in [2.75, 3.05) is 63.2 Å². The van der Waals surface area contributed by atoms with Crippen molar-refractivity contribution in [3.63, 3.8) is 0 Å². The molecule has 0 radical (unpaired) electrons. The number of nitrogens with zero attached hydrogens (tertiary/aromatic N) is 3. The molecule has 0 bridgehead atoms. The Morgan fingerprint density at radius 3 is 2.41 bits per heavy atom. The van der Waals surface area contributed by atoms with Gasteiger partial charge in [-0.1, -0.05) is 30.3 Å². The number of amides is 2. The van der Waals surface area contributed by atoms with Crippen LogP contribution in [0.4, 0.5) is 16.2 Å². The number of unbranched alkanes of at least 4 members (excludes halogenated alkanes) is 1. The van der Waals surface area contributed by atoms with E-state index in [0.717, 1.165) is 57.0 Å². The van der Waals surface area contributed by atoms with Crippen LogP contribution in [0.2, 0.25) is 0 Å². The van der Waals surface area contributed by atoms with E-state index < -0.39 is 0 Å². The van der Waals surface area contributed by atoms with E-state index in [4.69, 9.17) is 4.74 Å². The molecule has 1 aliphatic rings. The van der Waals surface area contributed by atoms with Crippen molar-refractivity contribution in [2.45, 2.75) is 12.8 Å². The smallest absolute Gasteiger partial charge is 0.321 e. The van der Waals surface area contributed by atoms with Crippen LogP contribution in [0.5, 0.6) is 5.75 Å². The Hall–Kier alpha value is -2.73. The molecular formula is C23H32N4O2. The molecule has 2 amide bonds. The van der Waals surface area contributed by atoms with Gasteiger partial charge in [0.15, 0.2) is 0 Å². The standard InChI is InChI=1S/C23H32N4O2/c1-25(20-10-4-3-5-11-20)23(28)24-14-8-9-15-26-16-18-27(19-17-26)21-12-6-7-13-22(21)29-2/h3-7,10-13H,8-9,14-19H2,1-2H3,(H,24,28). The predicted octanol–water partition coefficient (Wildman–Crippen LogP) is 3.44. The number of hydrogen-bond donors (Lipinski definition) is 1. The van der Waals surface area contributed by atoms with Crippen molar-refractivity contribution in [3.8, 4) is 5.75 Å². The number of ether oxygens (including phenoxy) is 1. The molecule has 29 heavy (non-hydrogen) atoms. The van der Waals surface area contributed by atoms with E-state index in [1.54, 1.807) is 19.1 Å². The Morgan fingerprint density at radius 1 is 1.00 bits per heavy atom. The van der Waals surface area contributed by atoms with Crippen LogP contribution < -0.4 is 19.9 Å². The van der Waals surface area contributed by atoms with Crippen molar-refractivity contribution in [2.24, 2.45) is 0 Å². The van der Waals surface area contributed by atoms with Gasteiger partial charge in [-0.05, 0) is 43.7 Å². The number of anilines is 2. The topological polar surface area (TPSA) is 48.1 Å². The Kier molecular flexibility index (Phi) is 7.76. The Balaban J connectivity index is 1.32. The second-order valence-corrected chi connectivity index (χ2v) is 7.33. The van der Waals surface area contributed by atoms with Crippen LogP contribution >= 0.6 is 0 Å². The summed E-state index contributed by atoms with van der Waals surface area (Å²) in [5.74, 6) is 0.942. The first-order valence-corrected chi connectivity index (χ1v) is 10.4. The molecule has 1 saturated heterocycles. The van der Waals surface area contributed by atoms with Crippen LogP contribution in [0.15, 0.2) is 54.6 Å². The van der Waals surface area contributed by atoms with Gasteiger partial charge in [-0.15, -0.1) is 0 Å². The molecule has 2 aromatic rings. The fourth-order valence-electron chi connectivity index (χ4n) is 3.65. The first-order chi connectivity index (χ1) is 14.2. The second-order valence-electron chi connectivity index (χ2n) is 7.33. The van der Waals surface area contributed by atoms with Gasteiger partial charge in [0.2, 0.25) is 0 Å². The van der Waals surface area contributed by atoms with Crippen LogP contribution in [-0.2, 0) is 0 Å². The maximum atomic E-state index is 12.2. The maximum absolute atomic E-state index is 12.2. The van der Waals surface area contributed by atoms with Crippen LogP contribution in [0, 0.1) is 0 Å². The number of carbonyl (C=O) groups is 1. The van der Waals surface area contributed by atoms with Crippen molar-refractivity contribution < 1.29 is 9.53 Å². The molecule has 0 aliphatic carbocycles. The monoisotopic (exact) mass is 396 g/mol. The number of urea groups is 1. The summed E-state index contributed by atoms with van der Waals surface area (Å²) in [6.07, 6.45) is 2.07. The zero-order chi connectivity index (χ0) is 20.5. The van der Waals surface area contributed by atoms with Gasteiger partial charge in [-0.2, -0.15) is 0 Å². The second kappa shape index (κ2) is 10.7. The van der Waals surface area contributed by atoms with E-state index >= 15 is 0 Å². The molecular weight excluding hydrogens is 364 g/mol. The van der Waals surface area contributed by atoms with Crippen molar-refractivity contribution in [1.29, 1.82) is 0 Å². The van der Waals surface area contributed by atoms with Crippen molar-refractivity contribution in [3.05, 3.63) is 54.6 Å². The molecule has 2 aromatic carbocycles. The van der Waals surface area contributed by atoms with Crippen LogP contribution in [0.25, 0.3) is 0 Å². The number of benzene rings is 2. The Bertz CT molecular complexity index is 760. The van der Waals surface area contributed by atoms with Crippen LogP contribution in [0.3, 0.4) is 0 Å². The largest absolute Gasteiger partial charge is 0.495 e. The fraction of sp³-hybridized carbons (Fsp3) is 0.435. The van der Waals surface area contributed by atoms with Crippen LogP contribution in [0.1, 0.15) is 12.8 Å². The first kappa shape index (κ1) is 21.0. The SMILES string of the molecule is COc1ccccc1N1CCN(CCCCNC(=O)N(C)c2ccccc2)CC1. The summed E-state index contributed by atoms with van der Waals surface area (Å²) in [6, 6.07) is 17.9. The third kappa shape index (κ3) is 5.87. The average molecular weight is 397 g/mol. The quantitative estimate of drug-likeness (QED) is 0.695. The number of carbonyl (C=O) groups excluding carboxylic acids is 1. The lowest BCUT2D eigenvalue weighted by Crippen LogP contribution is -2.46. The number of piperazine rings is 1. The molecule has 3 rings (SSSR count). The van der Waals surface area contributed by atoms with Gasteiger partial charge < -0.3 is 15.0 Å². The highest BCUT2D eigenvalue weighted by Gasteiger charge is 2.19. The minimum atomic E-state index is -0.0541. The van der Waals surface area contributed by atoms with E-state index in [1.807, 2.05) is 42.5 Å². The summed E-state index contributed by atoms with van der Waals surface area (Å²) in [5, 5.41) is 3.01. The summed E-state index contributed by atoms with van der Waals surface area (Å²) in [6.45, 7) is 5.92.